The summed E-state index contributed by atoms with van der Waals surface area (Å²) in [5.41, 5.74) is 12.7. The molecule has 0 amide bonds. The van der Waals surface area contributed by atoms with Crippen LogP contribution in [0.1, 0.15) is 56.3 Å². The fraction of sp³-hybridized carbons (Fsp3) is 0.0476. The lowest BCUT2D eigenvalue weighted by Crippen LogP contribution is -2.09. The highest BCUT2D eigenvalue weighted by Crippen LogP contribution is 2.54. The van der Waals surface area contributed by atoms with E-state index in [-0.39, 0.29) is 11.8 Å². The summed E-state index contributed by atoms with van der Waals surface area (Å²) < 4.78 is 0. The third kappa shape index (κ3) is 3.29. The summed E-state index contributed by atoms with van der Waals surface area (Å²) in [5, 5.41) is 25.9. The molecule has 9 rings (SSSR count). The Labute approximate surface area is 255 Å². The number of nitriles is 2. The van der Waals surface area contributed by atoms with E-state index in [1.165, 1.54) is 66.1 Å². The lowest BCUT2D eigenvalue weighted by Gasteiger charge is -2.23. The topological polar surface area (TPSA) is 47.6 Å². The molecular weight excluding hydrogens is 532 g/mol. The smallest absolute Gasteiger partial charge is 0.0995 e. The molecule has 0 heterocycles. The van der Waals surface area contributed by atoms with Gasteiger partial charge in [0.15, 0.2) is 0 Å². The molecule has 2 nitrogen and oxygen atoms in total. The van der Waals surface area contributed by atoms with Crippen LogP contribution in [0.25, 0.3) is 43.8 Å². The molecule has 202 valence electrons. The van der Waals surface area contributed by atoms with Crippen LogP contribution in [0.15, 0.2) is 133 Å². The highest BCUT2D eigenvalue weighted by Gasteiger charge is 2.37. The summed E-state index contributed by atoms with van der Waals surface area (Å²) >= 11 is 0. The molecule has 7 aromatic carbocycles. The van der Waals surface area contributed by atoms with Gasteiger partial charge in [0.25, 0.3) is 0 Å². The highest BCUT2D eigenvalue weighted by atomic mass is 14.4. The predicted molar refractivity (Wildman–Crippen MR) is 177 cm³/mol. The molecule has 2 unspecified atom stereocenters. The molecule has 0 aliphatic heterocycles. The summed E-state index contributed by atoms with van der Waals surface area (Å²) in [6.07, 6.45) is 0. The van der Waals surface area contributed by atoms with Gasteiger partial charge in [0.2, 0.25) is 0 Å². The average Bonchev–Trinajstić information content (AvgIpc) is 3.61. The number of fused-ring (bicyclic) bond motifs is 10. The first-order valence-electron chi connectivity index (χ1n) is 15.0. The van der Waals surface area contributed by atoms with E-state index in [1.807, 2.05) is 6.07 Å². The molecule has 0 N–H and O–H groups in total. The van der Waals surface area contributed by atoms with Crippen molar-refractivity contribution in [2.75, 3.05) is 0 Å². The minimum absolute atomic E-state index is 0.128. The normalized spacial score (nSPS) is 15.7. The minimum atomic E-state index is -0.128. The molecule has 0 fully saturated rings. The Morgan fingerprint density at radius 2 is 0.818 bits per heavy atom. The van der Waals surface area contributed by atoms with Crippen molar-refractivity contribution in [2.24, 2.45) is 0 Å². The van der Waals surface area contributed by atoms with E-state index in [9.17, 15) is 10.5 Å². The predicted octanol–water partition coefficient (Wildman–Crippen LogP) is 10.1. The second-order valence-electron chi connectivity index (χ2n) is 11.8. The van der Waals surface area contributed by atoms with Gasteiger partial charge in [0, 0.05) is 11.8 Å². The van der Waals surface area contributed by atoms with Gasteiger partial charge in [-0.15, -0.1) is 0 Å². The summed E-state index contributed by atoms with van der Waals surface area (Å²) in [5.74, 6) is -0.255. The van der Waals surface area contributed by atoms with Gasteiger partial charge in [0.05, 0.1) is 23.3 Å². The maximum atomic E-state index is 10.6. The maximum absolute atomic E-state index is 10.6. The zero-order valence-electron chi connectivity index (χ0n) is 23.8. The van der Waals surface area contributed by atoms with Gasteiger partial charge in [-0.3, -0.25) is 0 Å². The lowest BCUT2D eigenvalue weighted by atomic mass is 9.78. The largest absolute Gasteiger partial charge is 0.192 e. The Bertz CT molecular complexity index is 2270. The van der Waals surface area contributed by atoms with Gasteiger partial charge in [-0.25, -0.2) is 0 Å². The second-order valence-corrected chi connectivity index (χ2v) is 11.8. The van der Waals surface area contributed by atoms with E-state index < -0.39 is 0 Å². The van der Waals surface area contributed by atoms with Crippen molar-refractivity contribution in [1.29, 1.82) is 10.5 Å². The molecule has 2 aliphatic carbocycles. The summed E-state index contributed by atoms with van der Waals surface area (Å²) in [6.45, 7) is 0. The Morgan fingerprint density at radius 3 is 1.30 bits per heavy atom. The monoisotopic (exact) mass is 556 g/mol. The molecule has 44 heavy (non-hydrogen) atoms. The fourth-order valence-corrected chi connectivity index (χ4v) is 7.93. The number of hydrogen-bond donors (Lipinski definition) is 0. The van der Waals surface area contributed by atoms with Gasteiger partial charge >= 0.3 is 0 Å². The molecule has 0 spiro atoms. The SMILES string of the molecule is N#Cc1cc(C#N)c(C2c3ccccc3-c3ccc4ccccc4c32)cc1C1c2ccccc2-c2ccc3ccccc3c21. The maximum Gasteiger partial charge on any atom is 0.0995 e. The number of hydrogen-bond acceptors (Lipinski definition) is 2. The van der Waals surface area contributed by atoms with Crippen LogP contribution >= 0.6 is 0 Å². The fourth-order valence-electron chi connectivity index (χ4n) is 7.93. The van der Waals surface area contributed by atoms with Gasteiger partial charge < -0.3 is 0 Å². The van der Waals surface area contributed by atoms with Crippen LogP contribution in [0.5, 0.6) is 0 Å². The standard InChI is InChI=1S/C42H24N2/c43-23-27-21-28(24-44)38(42-34-16-8-6-14-32(34)36-20-18-26-10-2-4-12-30(26)40(36)42)22-37(27)41-33-15-7-5-13-31(33)35-19-17-25-9-1-3-11-29(25)39(35)41/h1-22,41-42H. The molecule has 0 radical (unpaired) electrons. The molecule has 2 aliphatic rings. The van der Waals surface area contributed by atoms with Crippen LogP contribution in [0, 0.1) is 22.7 Å². The van der Waals surface area contributed by atoms with Crippen molar-refractivity contribution in [3.05, 3.63) is 178 Å². The minimum Gasteiger partial charge on any atom is -0.192 e. The number of benzene rings is 7. The van der Waals surface area contributed by atoms with Gasteiger partial charge in [-0.1, -0.05) is 127 Å². The summed E-state index contributed by atoms with van der Waals surface area (Å²) in [6, 6.07) is 52.0. The Balaban J connectivity index is 1.37. The molecular formula is C42H24N2. The van der Waals surface area contributed by atoms with Gasteiger partial charge in [0.1, 0.15) is 0 Å². The van der Waals surface area contributed by atoms with E-state index >= 15 is 0 Å². The van der Waals surface area contributed by atoms with Crippen molar-refractivity contribution >= 4 is 21.5 Å². The van der Waals surface area contributed by atoms with E-state index in [1.54, 1.807) is 0 Å². The average molecular weight is 557 g/mol. The Kier molecular flexibility index (Phi) is 5.19. The summed E-state index contributed by atoms with van der Waals surface area (Å²) in [7, 11) is 0. The first-order valence-corrected chi connectivity index (χ1v) is 15.0. The van der Waals surface area contributed by atoms with E-state index in [0.29, 0.717) is 11.1 Å². The van der Waals surface area contributed by atoms with Crippen molar-refractivity contribution < 1.29 is 0 Å². The Morgan fingerprint density at radius 1 is 0.386 bits per heavy atom. The van der Waals surface area contributed by atoms with Gasteiger partial charge in [-0.05, 0) is 83.2 Å². The molecule has 0 saturated heterocycles. The quantitative estimate of drug-likeness (QED) is 0.213. The van der Waals surface area contributed by atoms with Crippen LogP contribution in [-0.2, 0) is 0 Å². The zero-order valence-corrected chi connectivity index (χ0v) is 23.8. The van der Waals surface area contributed by atoms with Gasteiger partial charge in [-0.2, -0.15) is 10.5 Å². The van der Waals surface area contributed by atoms with E-state index in [0.717, 1.165) is 11.1 Å². The Hall–Kier alpha value is -5.96. The van der Waals surface area contributed by atoms with E-state index in [4.69, 9.17) is 0 Å². The molecule has 2 atom stereocenters. The van der Waals surface area contributed by atoms with Crippen molar-refractivity contribution in [2.45, 2.75) is 11.8 Å². The lowest BCUT2D eigenvalue weighted by molar-refractivity contribution is 0.972. The highest BCUT2D eigenvalue weighted by molar-refractivity contribution is 5.99. The van der Waals surface area contributed by atoms with Crippen molar-refractivity contribution in [3.63, 3.8) is 0 Å². The summed E-state index contributed by atoms with van der Waals surface area (Å²) in [4.78, 5) is 0. The van der Waals surface area contributed by atoms with Crippen molar-refractivity contribution in [1.82, 2.24) is 0 Å². The molecule has 0 bridgehead atoms. The molecule has 0 aromatic heterocycles. The van der Waals surface area contributed by atoms with Crippen molar-refractivity contribution in [3.8, 4) is 34.4 Å². The number of rotatable bonds is 2. The van der Waals surface area contributed by atoms with Crippen LogP contribution in [-0.4, -0.2) is 0 Å². The first-order chi connectivity index (χ1) is 21.8. The second kappa shape index (κ2) is 9.27. The molecule has 7 aromatic rings. The molecule has 2 heteroatoms. The van der Waals surface area contributed by atoms with Crippen LogP contribution in [0.4, 0.5) is 0 Å². The molecule has 0 saturated carbocycles. The number of nitrogens with zero attached hydrogens (tertiary/aromatic N) is 2. The third-order valence-corrected chi connectivity index (χ3v) is 9.73. The zero-order chi connectivity index (χ0) is 29.4. The van der Waals surface area contributed by atoms with Crippen LogP contribution in [0.3, 0.4) is 0 Å². The van der Waals surface area contributed by atoms with Crippen LogP contribution in [0.2, 0.25) is 0 Å². The first kappa shape index (κ1) is 24.6. The van der Waals surface area contributed by atoms with Crippen LogP contribution < -0.4 is 0 Å². The third-order valence-electron chi connectivity index (χ3n) is 9.73. The van der Waals surface area contributed by atoms with E-state index in [2.05, 4.69) is 140 Å².